The molecular formula is C72H49N. The van der Waals surface area contributed by atoms with Gasteiger partial charge in [-0.15, -0.1) is 0 Å². The summed E-state index contributed by atoms with van der Waals surface area (Å²) in [4.78, 5) is 2.42. The molecule has 2 aliphatic carbocycles. The van der Waals surface area contributed by atoms with Crippen LogP contribution in [0.4, 0.5) is 17.1 Å². The normalized spacial score (nSPS) is 13.4. The summed E-state index contributed by atoms with van der Waals surface area (Å²) in [6.45, 7) is 0. The first-order valence-electron chi connectivity index (χ1n) is 25.4. The van der Waals surface area contributed by atoms with E-state index >= 15 is 0 Å². The highest BCUT2D eigenvalue weighted by atomic mass is 15.1. The zero-order valence-corrected chi connectivity index (χ0v) is 40.2. The van der Waals surface area contributed by atoms with Crippen molar-refractivity contribution in [3.8, 4) is 44.5 Å². The molecule has 0 aromatic heterocycles. The van der Waals surface area contributed by atoms with E-state index in [2.05, 4.69) is 302 Å². The van der Waals surface area contributed by atoms with Gasteiger partial charge < -0.3 is 4.90 Å². The molecule has 1 spiro atoms. The molecule has 342 valence electrons. The Morgan fingerprint density at radius 3 is 1.11 bits per heavy atom. The highest BCUT2D eigenvalue weighted by Gasteiger charge is 2.56. The van der Waals surface area contributed by atoms with Crippen molar-refractivity contribution in [1.82, 2.24) is 0 Å². The third kappa shape index (κ3) is 6.49. The second kappa shape index (κ2) is 17.2. The Bertz CT molecular complexity index is 3820. The van der Waals surface area contributed by atoms with Crippen LogP contribution in [0.1, 0.15) is 44.5 Å². The lowest BCUT2D eigenvalue weighted by Crippen LogP contribution is -2.44. The molecule has 0 bridgehead atoms. The maximum absolute atomic E-state index is 2.53. The molecule has 12 aromatic rings. The highest BCUT2D eigenvalue weighted by Crippen LogP contribution is 2.65. The summed E-state index contributed by atoms with van der Waals surface area (Å²) in [5, 5.41) is 2.38. The molecule has 0 fully saturated rings. The molecule has 14 rings (SSSR count). The van der Waals surface area contributed by atoms with Crippen LogP contribution < -0.4 is 4.90 Å². The van der Waals surface area contributed by atoms with Crippen LogP contribution in [0.3, 0.4) is 0 Å². The Labute approximate surface area is 427 Å². The SMILES string of the molecule is c1ccc(-c2ccc(N(c3ccc(-c4ccccc4)cc3)c3ccc(-c4ccc5c(c4)C4(c6ccccc6-5)c5ccccc5C(c5ccccc5)(c5ccccc5)c5ccccc54)c4ccccc34)cc2)cc1. The molecule has 0 radical (unpaired) electrons. The topological polar surface area (TPSA) is 3.24 Å². The van der Waals surface area contributed by atoms with Crippen LogP contribution in [-0.4, -0.2) is 0 Å². The standard InChI is InChI=1S/C72H49N/c1-5-21-50(22-6-1)52-37-42-57(43-38-52)73(58-44-39-53(40-45-58)51-23-7-2-8-24-51)70-48-47-59(60-29-13-14-31-63(60)70)54-41-46-62-61-30-15-16-32-64(61)72(69(62)49-54)67-35-19-17-33-65(67)71(55-25-9-3-10-26-55,56-27-11-4-12-28-56)66-34-18-20-36-68(66)72/h1-49H. The average Bonchev–Trinajstić information content (AvgIpc) is 3.77. The van der Waals surface area contributed by atoms with Crippen LogP contribution in [-0.2, 0) is 10.8 Å². The summed E-state index contributed by atoms with van der Waals surface area (Å²) in [6, 6.07) is 110. The van der Waals surface area contributed by atoms with E-state index in [4.69, 9.17) is 0 Å². The van der Waals surface area contributed by atoms with E-state index in [9.17, 15) is 0 Å². The van der Waals surface area contributed by atoms with Gasteiger partial charge in [-0.05, 0) is 131 Å². The van der Waals surface area contributed by atoms with Gasteiger partial charge in [0.2, 0.25) is 0 Å². The van der Waals surface area contributed by atoms with Gasteiger partial charge in [-0.1, -0.05) is 261 Å². The molecule has 2 aliphatic rings. The first kappa shape index (κ1) is 42.6. The van der Waals surface area contributed by atoms with Crippen molar-refractivity contribution in [2.75, 3.05) is 4.90 Å². The number of nitrogens with zero attached hydrogens (tertiary/aromatic N) is 1. The van der Waals surface area contributed by atoms with E-state index in [1.165, 1.54) is 99.8 Å². The Kier molecular flexibility index (Phi) is 10.0. The summed E-state index contributed by atoms with van der Waals surface area (Å²) in [5.41, 5.74) is 22.3. The second-order valence-electron chi connectivity index (χ2n) is 19.5. The second-order valence-corrected chi connectivity index (χ2v) is 19.5. The van der Waals surface area contributed by atoms with Crippen LogP contribution in [0.5, 0.6) is 0 Å². The quantitative estimate of drug-likeness (QED) is 0.147. The molecule has 0 saturated carbocycles. The monoisotopic (exact) mass is 927 g/mol. The number of rotatable bonds is 8. The van der Waals surface area contributed by atoms with E-state index in [0.717, 1.165) is 17.1 Å². The van der Waals surface area contributed by atoms with Gasteiger partial charge in [0.1, 0.15) is 0 Å². The molecule has 12 aromatic carbocycles. The average molecular weight is 928 g/mol. The van der Waals surface area contributed by atoms with Crippen LogP contribution in [0, 0.1) is 0 Å². The molecule has 0 heterocycles. The minimum atomic E-state index is -0.591. The third-order valence-corrected chi connectivity index (χ3v) is 15.8. The van der Waals surface area contributed by atoms with E-state index in [-0.39, 0.29) is 0 Å². The fourth-order valence-electron chi connectivity index (χ4n) is 12.8. The Morgan fingerprint density at radius 2 is 0.589 bits per heavy atom. The molecular weight excluding hydrogens is 879 g/mol. The molecule has 1 nitrogen and oxygen atoms in total. The van der Waals surface area contributed by atoms with Crippen molar-refractivity contribution in [2.24, 2.45) is 0 Å². The lowest BCUT2D eigenvalue weighted by molar-refractivity contribution is 0.624. The van der Waals surface area contributed by atoms with Crippen molar-refractivity contribution in [3.63, 3.8) is 0 Å². The summed E-state index contributed by atoms with van der Waals surface area (Å²) < 4.78 is 0. The van der Waals surface area contributed by atoms with Gasteiger partial charge in [-0.3, -0.25) is 0 Å². The zero-order valence-electron chi connectivity index (χ0n) is 40.2. The van der Waals surface area contributed by atoms with Gasteiger partial charge >= 0.3 is 0 Å². The van der Waals surface area contributed by atoms with Crippen molar-refractivity contribution >= 4 is 27.8 Å². The molecule has 0 amide bonds. The minimum absolute atomic E-state index is 0.558. The van der Waals surface area contributed by atoms with Gasteiger partial charge in [0.25, 0.3) is 0 Å². The third-order valence-electron chi connectivity index (χ3n) is 15.8. The minimum Gasteiger partial charge on any atom is -0.310 e. The molecule has 0 saturated heterocycles. The van der Waals surface area contributed by atoms with Crippen LogP contribution >= 0.6 is 0 Å². The first-order valence-corrected chi connectivity index (χ1v) is 25.4. The number of hydrogen-bond acceptors (Lipinski definition) is 1. The van der Waals surface area contributed by atoms with Gasteiger partial charge in [-0.2, -0.15) is 0 Å². The maximum Gasteiger partial charge on any atom is 0.0720 e. The smallest absolute Gasteiger partial charge is 0.0720 e. The molecule has 0 atom stereocenters. The van der Waals surface area contributed by atoms with Crippen molar-refractivity contribution in [2.45, 2.75) is 10.8 Å². The van der Waals surface area contributed by atoms with Crippen molar-refractivity contribution in [3.05, 3.63) is 342 Å². The van der Waals surface area contributed by atoms with Crippen LogP contribution in [0.25, 0.3) is 55.3 Å². The Morgan fingerprint density at radius 1 is 0.219 bits per heavy atom. The van der Waals surface area contributed by atoms with Gasteiger partial charge in [0, 0.05) is 16.8 Å². The first-order chi connectivity index (χ1) is 36.2. The van der Waals surface area contributed by atoms with Crippen LogP contribution in [0.15, 0.2) is 297 Å². The van der Waals surface area contributed by atoms with E-state index in [1.54, 1.807) is 0 Å². The lowest BCUT2D eigenvalue weighted by Gasteiger charge is -2.50. The molecule has 0 N–H and O–H groups in total. The highest BCUT2D eigenvalue weighted by molar-refractivity contribution is 6.07. The maximum atomic E-state index is 2.53. The van der Waals surface area contributed by atoms with Crippen molar-refractivity contribution < 1.29 is 0 Å². The molecule has 1 heteroatoms. The molecule has 73 heavy (non-hydrogen) atoms. The lowest BCUT2D eigenvalue weighted by atomic mass is 9.51. The fourth-order valence-corrected chi connectivity index (χ4v) is 12.8. The summed E-state index contributed by atoms with van der Waals surface area (Å²) in [6.07, 6.45) is 0. The predicted molar refractivity (Wildman–Crippen MR) is 304 cm³/mol. The number of benzene rings is 12. The zero-order chi connectivity index (χ0) is 48.3. The predicted octanol–water partition coefficient (Wildman–Crippen LogP) is 18.4. The largest absolute Gasteiger partial charge is 0.310 e. The molecule has 0 aliphatic heterocycles. The fraction of sp³-hybridized carbons (Fsp3) is 0.0278. The van der Waals surface area contributed by atoms with Crippen LogP contribution in [0.2, 0.25) is 0 Å². The summed E-state index contributed by atoms with van der Waals surface area (Å²) in [5.74, 6) is 0. The summed E-state index contributed by atoms with van der Waals surface area (Å²) >= 11 is 0. The Balaban J connectivity index is 0.972. The van der Waals surface area contributed by atoms with Crippen molar-refractivity contribution in [1.29, 1.82) is 0 Å². The van der Waals surface area contributed by atoms with E-state index in [1.807, 2.05) is 0 Å². The van der Waals surface area contributed by atoms with Gasteiger partial charge in [0.15, 0.2) is 0 Å². The van der Waals surface area contributed by atoms with E-state index < -0.39 is 10.8 Å². The van der Waals surface area contributed by atoms with Gasteiger partial charge in [-0.25, -0.2) is 0 Å². The van der Waals surface area contributed by atoms with Gasteiger partial charge in [0.05, 0.1) is 16.5 Å². The number of fused-ring (bicyclic) bond motifs is 10. The van der Waals surface area contributed by atoms with E-state index in [0.29, 0.717) is 0 Å². The Hall–Kier alpha value is -9.30. The number of anilines is 3. The number of hydrogen-bond donors (Lipinski definition) is 0. The summed E-state index contributed by atoms with van der Waals surface area (Å²) in [7, 11) is 0. The molecule has 0 unspecified atom stereocenters.